The van der Waals surface area contributed by atoms with Crippen LogP contribution in [0.4, 0.5) is 5.82 Å². The first-order chi connectivity index (χ1) is 13.5. The highest BCUT2D eigenvalue weighted by Crippen LogP contribution is 2.49. The molecule has 0 saturated heterocycles. The Bertz CT molecular complexity index is 997. The fourth-order valence-electron chi connectivity index (χ4n) is 3.67. The number of amides is 1. The number of carbonyl (C=O) groups excluding carboxylic acids is 1. The molecule has 1 saturated carbocycles. The summed E-state index contributed by atoms with van der Waals surface area (Å²) in [6.07, 6.45) is 1.51. The Morgan fingerprint density at radius 1 is 1.29 bits per heavy atom. The second kappa shape index (κ2) is 7.68. The molecule has 0 unspecified atom stereocenters. The van der Waals surface area contributed by atoms with Crippen molar-refractivity contribution in [3.8, 4) is 16.9 Å². The van der Waals surface area contributed by atoms with Gasteiger partial charge in [0.05, 0.1) is 7.11 Å². The molecule has 2 atom stereocenters. The Labute approximate surface area is 169 Å². The molecule has 1 aliphatic rings. The van der Waals surface area contributed by atoms with E-state index in [-0.39, 0.29) is 5.91 Å². The van der Waals surface area contributed by atoms with Gasteiger partial charge in [0.25, 0.3) is 0 Å². The molecule has 28 heavy (non-hydrogen) atoms. The first-order valence-corrected chi connectivity index (χ1v) is 9.67. The quantitative estimate of drug-likeness (QED) is 0.604. The number of benzene rings is 2. The third kappa shape index (κ3) is 3.90. The van der Waals surface area contributed by atoms with Crippen LogP contribution in [0.2, 0.25) is 5.02 Å². The minimum Gasteiger partial charge on any atom is -0.497 e. The normalized spacial score (nSPS) is 18.0. The standard InChI is InChI=1S/C22H22ClN3O2/c1-13-21(15-4-3-5-17(23)10-15)22(26-25-13)24-20(27)12-16-11-19(16)14-6-8-18(28-2)9-7-14/h3-10,16,19H,11-12H2,1-2H3,(H2,24,25,26,27)/t16-,19-/m1/s1. The van der Waals surface area contributed by atoms with Gasteiger partial charge in [-0.3, -0.25) is 9.89 Å². The number of aromatic nitrogens is 2. The Balaban J connectivity index is 1.41. The van der Waals surface area contributed by atoms with Crippen LogP contribution >= 0.6 is 11.6 Å². The van der Waals surface area contributed by atoms with E-state index in [1.54, 1.807) is 7.11 Å². The summed E-state index contributed by atoms with van der Waals surface area (Å²) in [4.78, 5) is 12.6. The topological polar surface area (TPSA) is 67.0 Å². The molecule has 1 fully saturated rings. The van der Waals surface area contributed by atoms with Crippen LogP contribution in [0.1, 0.15) is 30.0 Å². The van der Waals surface area contributed by atoms with Crippen molar-refractivity contribution in [1.29, 1.82) is 0 Å². The Kier molecular flexibility index (Phi) is 5.09. The van der Waals surface area contributed by atoms with Gasteiger partial charge in [-0.25, -0.2) is 0 Å². The van der Waals surface area contributed by atoms with Crippen molar-refractivity contribution in [1.82, 2.24) is 10.2 Å². The van der Waals surface area contributed by atoms with Gasteiger partial charge in [0, 0.05) is 22.7 Å². The number of carbonyl (C=O) groups is 1. The maximum absolute atomic E-state index is 12.6. The van der Waals surface area contributed by atoms with Crippen LogP contribution in [0.3, 0.4) is 0 Å². The minimum absolute atomic E-state index is 0.0178. The minimum atomic E-state index is -0.0178. The fourth-order valence-corrected chi connectivity index (χ4v) is 3.86. The lowest BCUT2D eigenvalue weighted by Crippen LogP contribution is -2.13. The molecular weight excluding hydrogens is 374 g/mol. The Morgan fingerprint density at radius 3 is 2.79 bits per heavy atom. The van der Waals surface area contributed by atoms with Crippen molar-refractivity contribution >= 4 is 23.3 Å². The third-order valence-electron chi connectivity index (χ3n) is 5.23. The molecule has 6 heteroatoms. The lowest BCUT2D eigenvalue weighted by atomic mass is 10.1. The second-order valence-corrected chi connectivity index (χ2v) is 7.65. The van der Waals surface area contributed by atoms with E-state index in [2.05, 4.69) is 27.6 Å². The van der Waals surface area contributed by atoms with Gasteiger partial charge in [0.15, 0.2) is 5.82 Å². The zero-order valence-electron chi connectivity index (χ0n) is 15.8. The van der Waals surface area contributed by atoms with Gasteiger partial charge in [-0.15, -0.1) is 0 Å². The number of H-pyrrole nitrogens is 1. The molecule has 1 aliphatic carbocycles. The molecule has 0 bridgehead atoms. The van der Waals surface area contributed by atoms with Crippen molar-refractivity contribution in [2.75, 3.05) is 12.4 Å². The van der Waals surface area contributed by atoms with E-state index >= 15 is 0 Å². The first kappa shape index (κ1) is 18.6. The van der Waals surface area contributed by atoms with Gasteiger partial charge in [-0.1, -0.05) is 35.9 Å². The number of nitrogens with zero attached hydrogens (tertiary/aromatic N) is 1. The van der Waals surface area contributed by atoms with Crippen molar-refractivity contribution in [3.05, 3.63) is 64.8 Å². The number of hydrogen-bond acceptors (Lipinski definition) is 3. The highest BCUT2D eigenvalue weighted by Gasteiger charge is 2.39. The molecular formula is C22H22ClN3O2. The van der Waals surface area contributed by atoms with Gasteiger partial charge in [-0.05, 0) is 60.6 Å². The van der Waals surface area contributed by atoms with E-state index in [1.807, 2.05) is 43.3 Å². The highest BCUT2D eigenvalue weighted by atomic mass is 35.5. The monoisotopic (exact) mass is 395 g/mol. The van der Waals surface area contributed by atoms with Crippen molar-refractivity contribution in [2.24, 2.45) is 5.92 Å². The summed E-state index contributed by atoms with van der Waals surface area (Å²) in [6.45, 7) is 1.93. The van der Waals surface area contributed by atoms with E-state index in [0.717, 1.165) is 29.0 Å². The van der Waals surface area contributed by atoms with Gasteiger partial charge in [-0.2, -0.15) is 5.10 Å². The molecule has 4 rings (SSSR count). The van der Waals surface area contributed by atoms with Crippen molar-refractivity contribution in [3.63, 3.8) is 0 Å². The maximum atomic E-state index is 12.6. The number of aromatic amines is 1. The van der Waals surface area contributed by atoms with Gasteiger partial charge in [0.2, 0.25) is 5.91 Å². The molecule has 5 nitrogen and oxygen atoms in total. The smallest absolute Gasteiger partial charge is 0.225 e. The maximum Gasteiger partial charge on any atom is 0.225 e. The summed E-state index contributed by atoms with van der Waals surface area (Å²) >= 11 is 6.12. The summed E-state index contributed by atoms with van der Waals surface area (Å²) in [5, 5.41) is 10.8. The van der Waals surface area contributed by atoms with E-state index in [1.165, 1.54) is 5.56 Å². The number of hydrogen-bond donors (Lipinski definition) is 2. The average Bonchev–Trinajstić information content (AvgIpc) is 3.35. The Hall–Kier alpha value is -2.79. The number of rotatable bonds is 6. The average molecular weight is 396 g/mol. The Morgan fingerprint density at radius 2 is 2.07 bits per heavy atom. The molecule has 3 aromatic rings. The predicted octanol–water partition coefficient (Wildman–Crippen LogP) is 5.18. The largest absolute Gasteiger partial charge is 0.497 e. The van der Waals surface area contributed by atoms with Gasteiger partial charge < -0.3 is 10.1 Å². The molecule has 144 valence electrons. The molecule has 1 heterocycles. The summed E-state index contributed by atoms with van der Waals surface area (Å²) in [6, 6.07) is 15.6. The fraction of sp³-hybridized carbons (Fsp3) is 0.273. The molecule has 1 amide bonds. The molecule has 0 spiro atoms. The number of methoxy groups -OCH3 is 1. The second-order valence-electron chi connectivity index (χ2n) is 7.21. The highest BCUT2D eigenvalue weighted by molar-refractivity contribution is 6.30. The van der Waals surface area contributed by atoms with E-state index in [9.17, 15) is 4.79 Å². The number of aryl methyl sites for hydroxylation is 1. The van der Waals surface area contributed by atoms with Crippen molar-refractivity contribution < 1.29 is 9.53 Å². The zero-order chi connectivity index (χ0) is 19.7. The predicted molar refractivity (Wildman–Crippen MR) is 111 cm³/mol. The summed E-state index contributed by atoms with van der Waals surface area (Å²) in [5.74, 6) is 2.18. The van der Waals surface area contributed by atoms with Crippen LogP contribution in [0.15, 0.2) is 48.5 Å². The van der Waals surface area contributed by atoms with Crippen LogP contribution < -0.4 is 10.1 Å². The number of nitrogens with one attached hydrogen (secondary N) is 2. The van der Waals surface area contributed by atoms with Crippen LogP contribution in [0, 0.1) is 12.8 Å². The van der Waals surface area contributed by atoms with Crippen molar-refractivity contribution in [2.45, 2.75) is 25.7 Å². The van der Waals surface area contributed by atoms with Gasteiger partial charge in [0.1, 0.15) is 5.75 Å². The molecule has 1 aromatic heterocycles. The molecule has 0 radical (unpaired) electrons. The number of anilines is 1. The van der Waals surface area contributed by atoms with Crippen LogP contribution in [0.5, 0.6) is 5.75 Å². The lowest BCUT2D eigenvalue weighted by molar-refractivity contribution is -0.116. The van der Waals surface area contributed by atoms with Crippen LogP contribution in [-0.4, -0.2) is 23.2 Å². The lowest BCUT2D eigenvalue weighted by Gasteiger charge is -2.07. The first-order valence-electron chi connectivity index (χ1n) is 9.30. The summed E-state index contributed by atoms with van der Waals surface area (Å²) in [5.41, 5.74) is 3.95. The number of ether oxygens (including phenoxy) is 1. The van der Waals surface area contributed by atoms with Crippen LogP contribution in [-0.2, 0) is 4.79 Å². The summed E-state index contributed by atoms with van der Waals surface area (Å²) in [7, 11) is 1.66. The SMILES string of the molecule is COc1ccc([C@H]2C[C@@H]2CC(=O)Nc2n[nH]c(C)c2-c2cccc(Cl)c2)cc1. The molecule has 0 aliphatic heterocycles. The number of halogens is 1. The van der Waals surface area contributed by atoms with Crippen LogP contribution in [0.25, 0.3) is 11.1 Å². The van der Waals surface area contributed by atoms with E-state index < -0.39 is 0 Å². The van der Waals surface area contributed by atoms with E-state index in [4.69, 9.17) is 16.3 Å². The van der Waals surface area contributed by atoms with Gasteiger partial charge >= 0.3 is 0 Å². The third-order valence-corrected chi connectivity index (χ3v) is 5.47. The molecule has 2 N–H and O–H groups in total. The van der Waals surface area contributed by atoms with E-state index in [0.29, 0.717) is 29.1 Å². The zero-order valence-corrected chi connectivity index (χ0v) is 16.6. The molecule has 2 aromatic carbocycles. The summed E-state index contributed by atoms with van der Waals surface area (Å²) < 4.78 is 5.20.